The Kier molecular flexibility index (Phi) is 6.14. The first kappa shape index (κ1) is 9.41. The molecule has 0 aliphatic carbocycles. The van der Waals surface area contributed by atoms with Gasteiger partial charge in [-0.25, -0.2) is 0 Å². The lowest BCUT2D eigenvalue weighted by molar-refractivity contribution is 0.0139. The van der Waals surface area contributed by atoms with Crippen LogP contribution in [0.5, 0.6) is 0 Å². The number of rotatable bonds is 5. The van der Waals surface area contributed by atoms with Crippen molar-refractivity contribution in [3.8, 4) is 6.07 Å². The number of hydrogen-bond donors (Lipinski definition) is 1. The molecule has 0 aromatic carbocycles. The molecule has 0 heterocycles. The predicted molar refractivity (Wildman–Crippen MR) is 37.3 cm³/mol. The van der Waals surface area contributed by atoms with Crippen molar-refractivity contribution in [2.45, 2.75) is 25.9 Å². The molecule has 0 amide bonds. The molecule has 0 saturated heterocycles. The van der Waals surface area contributed by atoms with Crippen molar-refractivity contribution in [1.29, 1.82) is 5.26 Å². The monoisotopic (exact) mass is 143 g/mol. The average molecular weight is 143 g/mol. The highest BCUT2D eigenvalue weighted by Crippen LogP contribution is 1.96. The van der Waals surface area contributed by atoms with E-state index in [9.17, 15) is 0 Å². The van der Waals surface area contributed by atoms with Crippen LogP contribution in [0, 0.1) is 11.3 Å². The van der Waals surface area contributed by atoms with Crippen LogP contribution in [-0.2, 0) is 4.74 Å². The number of ether oxygens (including phenoxy) is 1. The molecule has 1 unspecified atom stereocenters. The summed E-state index contributed by atoms with van der Waals surface area (Å²) in [6, 6.07) is 1.96. The Bertz CT molecular complexity index is 105. The Morgan fingerprint density at radius 3 is 2.80 bits per heavy atom. The summed E-state index contributed by atoms with van der Waals surface area (Å²) in [5.41, 5.74) is 0. The largest absolute Gasteiger partial charge is 0.394 e. The van der Waals surface area contributed by atoms with E-state index in [4.69, 9.17) is 15.1 Å². The summed E-state index contributed by atoms with van der Waals surface area (Å²) in [4.78, 5) is 0. The topological polar surface area (TPSA) is 53.2 Å². The highest BCUT2D eigenvalue weighted by molar-refractivity contribution is 4.67. The van der Waals surface area contributed by atoms with Crippen LogP contribution in [0.15, 0.2) is 0 Å². The zero-order valence-electron chi connectivity index (χ0n) is 6.21. The summed E-state index contributed by atoms with van der Waals surface area (Å²) in [7, 11) is 0. The minimum Gasteiger partial charge on any atom is -0.394 e. The van der Waals surface area contributed by atoms with Crippen LogP contribution in [0.25, 0.3) is 0 Å². The Balaban J connectivity index is 3.19. The maximum atomic E-state index is 8.62. The standard InChI is InChI=1S/C7H13NO2/c1-2-7(6-9)10-5-3-4-8/h7,9H,2-3,5-6H2,1H3. The van der Waals surface area contributed by atoms with Crippen LogP contribution in [0.2, 0.25) is 0 Å². The van der Waals surface area contributed by atoms with Gasteiger partial charge in [-0.05, 0) is 6.42 Å². The van der Waals surface area contributed by atoms with Gasteiger partial charge in [0.15, 0.2) is 0 Å². The summed E-state index contributed by atoms with van der Waals surface area (Å²) in [5.74, 6) is 0. The molecular weight excluding hydrogens is 130 g/mol. The Morgan fingerprint density at radius 2 is 2.40 bits per heavy atom. The number of nitrogens with zero attached hydrogens (tertiary/aromatic N) is 1. The molecule has 3 heteroatoms. The van der Waals surface area contributed by atoms with E-state index in [0.29, 0.717) is 13.0 Å². The van der Waals surface area contributed by atoms with E-state index in [2.05, 4.69) is 0 Å². The van der Waals surface area contributed by atoms with Gasteiger partial charge in [0.2, 0.25) is 0 Å². The molecule has 0 radical (unpaired) electrons. The number of aliphatic hydroxyl groups excluding tert-OH is 1. The number of aliphatic hydroxyl groups is 1. The molecule has 0 bridgehead atoms. The van der Waals surface area contributed by atoms with Gasteiger partial charge in [0, 0.05) is 0 Å². The molecule has 1 atom stereocenters. The van der Waals surface area contributed by atoms with Crippen LogP contribution in [0.4, 0.5) is 0 Å². The molecule has 0 rings (SSSR count). The van der Waals surface area contributed by atoms with Crippen LogP contribution in [0.3, 0.4) is 0 Å². The van der Waals surface area contributed by atoms with Crippen molar-refractivity contribution in [2.24, 2.45) is 0 Å². The van der Waals surface area contributed by atoms with Gasteiger partial charge in [-0.3, -0.25) is 0 Å². The molecule has 0 aromatic rings. The van der Waals surface area contributed by atoms with Gasteiger partial charge in [0.1, 0.15) is 0 Å². The van der Waals surface area contributed by atoms with Crippen molar-refractivity contribution < 1.29 is 9.84 Å². The fraction of sp³-hybridized carbons (Fsp3) is 0.857. The molecular formula is C7H13NO2. The first-order valence-corrected chi connectivity index (χ1v) is 3.44. The van der Waals surface area contributed by atoms with Gasteiger partial charge >= 0.3 is 0 Å². The first-order valence-electron chi connectivity index (χ1n) is 3.44. The predicted octanol–water partition coefficient (Wildman–Crippen LogP) is 0.688. The zero-order valence-corrected chi connectivity index (χ0v) is 6.21. The van der Waals surface area contributed by atoms with E-state index in [-0.39, 0.29) is 12.7 Å². The summed E-state index contributed by atoms with van der Waals surface area (Å²) < 4.78 is 5.11. The Hall–Kier alpha value is -0.590. The van der Waals surface area contributed by atoms with Crippen molar-refractivity contribution >= 4 is 0 Å². The summed E-state index contributed by atoms with van der Waals surface area (Å²) in [6.07, 6.45) is 1.10. The van der Waals surface area contributed by atoms with Crippen LogP contribution >= 0.6 is 0 Å². The molecule has 58 valence electrons. The third-order valence-corrected chi connectivity index (χ3v) is 1.23. The lowest BCUT2D eigenvalue weighted by Crippen LogP contribution is -2.16. The van der Waals surface area contributed by atoms with Gasteiger partial charge in [-0.1, -0.05) is 6.92 Å². The highest BCUT2D eigenvalue weighted by Gasteiger charge is 2.02. The molecule has 0 fully saturated rings. The first-order chi connectivity index (χ1) is 4.85. The third kappa shape index (κ3) is 4.30. The average Bonchev–Trinajstić information content (AvgIpc) is 1.99. The number of nitriles is 1. The van der Waals surface area contributed by atoms with Crippen molar-refractivity contribution in [3.63, 3.8) is 0 Å². The van der Waals surface area contributed by atoms with Crippen LogP contribution < -0.4 is 0 Å². The van der Waals surface area contributed by atoms with Crippen LogP contribution in [0.1, 0.15) is 19.8 Å². The molecule has 3 nitrogen and oxygen atoms in total. The molecule has 0 spiro atoms. The summed E-state index contributed by atoms with van der Waals surface area (Å²) >= 11 is 0. The fourth-order valence-electron chi connectivity index (χ4n) is 0.571. The maximum Gasteiger partial charge on any atom is 0.0803 e. The van der Waals surface area contributed by atoms with E-state index < -0.39 is 0 Å². The van der Waals surface area contributed by atoms with Crippen molar-refractivity contribution in [2.75, 3.05) is 13.2 Å². The number of hydrogen-bond acceptors (Lipinski definition) is 3. The second kappa shape index (κ2) is 6.53. The minimum atomic E-state index is -0.0895. The van der Waals surface area contributed by atoms with Gasteiger partial charge in [0.25, 0.3) is 0 Å². The van der Waals surface area contributed by atoms with E-state index in [1.807, 2.05) is 13.0 Å². The van der Waals surface area contributed by atoms with Crippen LogP contribution in [-0.4, -0.2) is 24.4 Å². The second-order valence-electron chi connectivity index (χ2n) is 1.99. The normalized spacial score (nSPS) is 12.5. The summed E-state index contributed by atoms with van der Waals surface area (Å²) in [5, 5.41) is 16.7. The maximum absolute atomic E-state index is 8.62. The molecule has 0 aliphatic heterocycles. The lowest BCUT2D eigenvalue weighted by Gasteiger charge is -2.10. The van der Waals surface area contributed by atoms with E-state index >= 15 is 0 Å². The zero-order chi connectivity index (χ0) is 7.82. The molecule has 1 N–H and O–H groups in total. The Morgan fingerprint density at radius 1 is 1.70 bits per heavy atom. The molecule has 0 aromatic heterocycles. The minimum absolute atomic E-state index is 0.0436. The van der Waals surface area contributed by atoms with E-state index in [1.165, 1.54) is 0 Å². The second-order valence-corrected chi connectivity index (χ2v) is 1.99. The smallest absolute Gasteiger partial charge is 0.0803 e. The van der Waals surface area contributed by atoms with Gasteiger partial charge < -0.3 is 9.84 Å². The van der Waals surface area contributed by atoms with Gasteiger partial charge in [-0.15, -0.1) is 0 Å². The highest BCUT2D eigenvalue weighted by atomic mass is 16.5. The lowest BCUT2D eigenvalue weighted by atomic mass is 10.3. The quantitative estimate of drug-likeness (QED) is 0.576. The van der Waals surface area contributed by atoms with Crippen molar-refractivity contribution in [1.82, 2.24) is 0 Å². The molecule has 0 saturated carbocycles. The molecule has 0 aliphatic rings. The SMILES string of the molecule is CCC(CO)OCCC#N. The third-order valence-electron chi connectivity index (χ3n) is 1.23. The van der Waals surface area contributed by atoms with E-state index in [1.54, 1.807) is 0 Å². The molecule has 10 heavy (non-hydrogen) atoms. The van der Waals surface area contributed by atoms with Gasteiger partial charge in [-0.2, -0.15) is 5.26 Å². The van der Waals surface area contributed by atoms with Gasteiger partial charge in [0.05, 0.1) is 31.8 Å². The summed E-state index contributed by atoms with van der Waals surface area (Å²) in [6.45, 7) is 2.41. The van der Waals surface area contributed by atoms with E-state index in [0.717, 1.165) is 6.42 Å². The van der Waals surface area contributed by atoms with Crippen molar-refractivity contribution in [3.05, 3.63) is 0 Å². The Labute approximate surface area is 61.2 Å². The fourth-order valence-corrected chi connectivity index (χ4v) is 0.571.